The van der Waals surface area contributed by atoms with Crippen LogP contribution in [0.3, 0.4) is 0 Å². The number of hydrogen-bond acceptors (Lipinski definition) is 3. The monoisotopic (exact) mass is 277 g/mol. The first-order valence-corrected chi connectivity index (χ1v) is 6.76. The maximum atomic E-state index is 11.0. The third-order valence-corrected chi connectivity index (χ3v) is 3.55. The van der Waals surface area contributed by atoms with Crippen molar-refractivity contribution in [2.75, 3.05) is 6.54 Å². The Bertz CT molecular complexity index is 510. The Labute approximate surface area is 117 Å². The highest BCUT2D eigenvalue weighted by Crippen LogP contribution is 2.29. The molecule has 0 bridgehead atoms. The number of aliphatic carboxylic acids is 1. The van der Waals surface area contributed by atoms with Crippen molar-refractivity contribution < 1.29 is 19.8 Å². The first-order valence-electron chi connectivity index (χ1n) is 6.76. The molecule has 20 heavy (non-hydrogen) atoms. The van der Waals surface area contributed by atoms with Gasteiger partial charge in [-0.15, -0.1) is 0 Å². The molecule has 1 fully saturated rings. The van der Waals surface area contributed by atoms with E-state index in [4.69, 9.17) is 10.2 Å². The molecule has 1 aliphatic rings. The van der Waals surface area contributed by atoms with E-state index in [9.17, 15) is 9.59 Å². The molecule has 1 saturated carbocycles. The number of aromatic carboxylic acids is 1. The fourth-order valence-corrected chi connectivity index (χ4v) is 2.25. The maximum absolute atomic E-state index is 11.0. The molecule has 108 valence electrons. The standard InChI is InChI=1S/C15H19NO4/c1-10(14(17)18)8-16(13-5-6-13)9-11-3-2-4-12(7-11)15(19)20/h2-4,7,10,13H,5-6,8-9H2,1H3,(H,17,18)(H,19,20). The van der Waals surface area contributed by atoms with Gasteiger partial charge in [-0.3, -0.25) is 9.69 Å². The van der Waals surface area contributed by atoms with Gasteiger partial charge >= 0.3 is 11.9 Å². The van der Waals surface area contributed by atoms with Gasteiger partial charge in [-0.2, -0.15) is 0 Å². The summed E-state index contributed by atoms with van der Waals surface area (Å²) in [6.45, 7) is 2.80. The Morgan fingerprint density at radius 1 is 1.35 bits per heavy atom. The average Bonchev–Trinajstić information content (AvgIpc) is 3.22. The van der Waals surface area contributed by atoms with Crippen LogP contribution in [-0.4, -0.2) is 39.6 Å². The summed E-state index contributed by atoms with van der Waals surface area (Å²) in [4.78, 5) is 24.1. The summed E-state index contributed by atoms with van der Waals surface area (Å²) in [7, 11) is 0. The smallest absolute Gasteiger partial charge is 0.335 e. The predicted molar refractivity (Wildman–Crippen MR) is 73.6 cm³/mol. The second kappa shape index (κ2) is 6.05. The van der Waals surface area contributed by atoms with E-state index >= 15 is 0 Å². The van der Waals surface area contributed by atoms with Gasteiger partial charge < -0.3 is 10.2 Å². The molecule has 1 unspecified atom stereocenters. The van der Waals surface area contributed by atoms with Gasteiger partial charge in [0.15, 0.2) is 0 Å². The van der Waals surface area contributed by atoms with Gasteiger partial charge in [0.2, 0.25) is 0 Å². The van der Waals surface area contributed by atoms with Gasteiger partial charge in [-0.25, -0.2) is 4.79 Å². The number of nitrogens with zero attached hydrogens (tertiary/aromatic N) is 1. The molecule has 0 amide bonds. The summed E-state index contributed by atoms with van der Waals surface area (Å²) in [5, 5.41) is 18.0. The molecule has 0 heterocycles. The Morgan fingerprint density at radius 3 is 2.60 bits per heavy atom. The fraction of sp³-hybridized carbons (Fsp3) is 0.467. The molecular weight excluding hydrogens is 258 g/mol. The van der Waals surface area contributed by atoms with E-state index in [1.54, 1.807) is 25.1 Å². The van der Waals surface area contributed by atoms with E-state index in [1.165, 1.54) is 0 Å². The highest BCUT2D eigenvalue weighted by atomic mass is 16.4. The van der Waals surface area contributed by atoms with Crippen LogP contribution in [0.4, 0.5) is 0 Å². The molecule has 0 spiro atoms. The van der Waals surface area contributed by atoms with E-state index in [0.29, 0.717) is 19.1 Å². The molecule has 1 aromatic rings. The van der Waals surface area contributed by atoms with E-state index < -0.39 is 17.9 Å². The number of carboxylic acid groups (broad SMARTS) is 2. The van der Waals surface area contributed by atoms with Crippen LogP contribution in [0, 0.1) is 5.92 Å². The summed E-state index contributed by atoms with van der Waals surface area (Å²) >= 11 is 0. The molecule has 1 aliphatic carbocycles. The highest BCUT2D eigenvalue weighted by Gasteiger charge is 2.31. The summed E-state index contributed by atoms with van der Waals surface area (Å²) in [6, 6.07) is 7.26. The molecule has 1 atom stereocenters. The average molecular weight is 277 g/mol. The van der Waals surface area contributed by atoms with E-state index in [1.807, 2.05) is 6.07 Å². The summed E-state index contributed by atoms with van der Waals surface area (Å²) in [5.41, 5.74) is 1.18. The van der Waals surface area contributed by atoms with Crippen LogP contribution < -0.4 is 0 Å². The van der Waals surface area contributed by atoms with Gasteiger partial charge in [-0.05, 0) is 30.5 Å². The maximum Gasteiger partial charge on any atom is 0.335 e. The zero-order valence-electron chi connectivity index (χ0n) is 11.5. The van der Waals surface area contributed by atoms with Gasteiger partial charge in [0.25, 0.3) is 0 Å². The van der Waals surface area contributed by atoms with E-state index in [2.05, 4.69) is 4.90 Å². The van der Waals surface area contributed by atoms with Crippen molar-refractivity contribution in [1.82, 2.24) is 4.90 Å². The Hall–Kier alpha value is -1.88. The van der Waals surface area contributed by atoms with Crippen LogP contribution in [0.15, 0.2) is 24.3 Å². The summed E-state index contributed by atoms with van der Waals surface area (Å²) in [5.74, 6) is -2.16. The zero-order valence-corrected chi connectivity index (χ0v) is 11.5. The topological polar surface area (TPSA) is 77.8 Å². The first kappa shape index (κ1) is 14.5. The molecule has 1 aromatic carbocycles. The Kier molecular flexibility index (Phi) is 4.39. The molecule has 0 aliphatic heterocycles. The molecule has 0 saturated heterocycles. The lowest BCUT2D eigenvalue weighted by atomic mass is 10.1. The van der Waals surface area contributed by atoms with Crippen molar-refractivity contribution in [1.29, 1.82) is 0 Å². The van der Waals surface area contributed by atoms with Crippen LogP contribution in [0.25, 0.3) is 0 Å². The SMILES string of the molecule is CC(CN(Cc1cccc(C(=O)O)c1)C1CC1)C(=O)O. The minimum Gasteiger partial charge on any atom is -0.481 e. The quantitative estimate of drug-likeness (QED) is 0.797. The lowest BCUT2D eigenvalue weighted by Gasteiger charge is -2.24. The largest absolute Gasteiger partial charge is 0.481 e. The highest BCUT2D eigenvalue weighted by molar-refractivity contribution is 5.87. The van der Waals surface area contributed by atoms with Crippen molar-refractivity contribution in [2.24, 2.45) is 5.92 Å². The summed E-state index contributed by atoms with van der Waals surface area (Å²) in [6.07, 6.45) is 2.18. The van der Waals surface area contributed by atoms with Crippen molar-refractivity contribution in [3.8, 4) is 0 Å². The van der Waals surface area contributed by atoms with Crippen molar-refractivity contribution in [3.05, 3.63) is 35.4 Å². The van der Waals surface area contributed by atoms with Crippen molar-refractivity contribution in [3.63, 3.8) is 0 Å². The first-order chi connectivity index (χ1) is 9.47. The third-order valence-electron chi connectivity index (χ3n) is 3.55. The van der Waals surface area contributed by atoms with Crippen LogP contribution in [-0.2, 0) is 11.3 Å². The number of carbonyl (C=O) groups is 2. The Morgan fingerprint density at radius 2 is 2.05 bits per heavy atom. The summed E-state index contributed by atoms with van der Waals surface area (Å²) < 4.78 is 0. The third kappa shape index (κ3) is 3.81. The Balaban J connectivity index is 2.06. The van der Waals surface area contributed by atoms with Crippen LogP contribution in [0.1, 0.15) is 35.7 Å². The lowest BCUT2D eigenvalue weighted by Crippen LogP contribution is -2.33. The molecule has 2 rings (SSSR count). The molecule has 0 aromatic heterocycles. The van der Waals surface area contributed by atoms with Crippen LogP contribution in [0.5, 0.6) is 0 Å². The number of carboxylic acids is 2. The van der Waals surface area contributed by atoms with Gasteiger partial charge in [0.1, 0.15) is 0 Å². The van der Waals surface area contributed by atoms with Crippen molar-refractivity contribution in [2.45, 2.75) is 32.4 Å². The second-order valence-electron chi connectivity index (χ2n) is 5.41. The molecule has 2 N–H and O–H groups in total. The predicted octanol–water partition coefficient (Wildman–Crippen LogP) is 2.07. The normalized spacial score (nSPS) is 16.1. The van der Waals surface area contributed by atoms with Crippen LogP contribution in [0.2, 0.25) is 0 Å². The molecule has 0 radical (unpaired) electrons. The van der Waals surface area contributed by atoms with Crippen molar-refractivity contribution >= 4 is 11.9 Å². The minimum absolute atomic E-state index is 0.268. The molecule has 5 nitrogen and oxygen atoms in total. The zero-order chi connectivity index (χ0) is 14.7. The van der Waals surface area contributed by atoms with E-state index in [-0.39, 0.29) is 5.56 Å². The number of rotatable bonds is 7. The number of hydrogen-bond donors (Lipinski definition) is 2. The minimum atomic E-state index is -0.941. The molecule has 5 heteroatoms. The van der Waals surface area contributed by atoms with Crippen LogP contribution >= 0.6 is 0 Å². The fourth-order valence-electron chi connectivity index (χ4n) is 2.25. The molecular formula is C15H19NO4. The second-order valence-corrected chi connectivity index (χ2v) is 5.41. The lowest BCUT2D eigenvalue weighted by molar-refractivity contribution is -0.141. The van der Waals surface area contributed by atoms with Gasteiger partial charge in [-0.1, -0.05) is 19.1 Å². The van der Waals surface area contributed by atoms with Gasteiger partial charge in [0.05, 0.1) is 11.5 Å². The van der Waals surface area contributed by atoms with Gasteiger partial charge in [0, 0.05) is 19.1 Å². The number of benzene rings is 1. The van der Waals surface area contributed by atoms with E-state index in [0.717, 1.165) is 18.4 Å².